The molecule has 0 radical (unpaired) electrons. The quantitative estimate of drug-likeness (QED) is 0.616. The summed E-state index contributed by atoms with van der Waals surface area (Å²) in [7, 11) is 1.46. The van der Waals surface area contributed by atoms with Crippen molar-refractivity contribution in [2.45, 2.75) is 19.1 Å². The molecule has 1 fully saturated rings. The van der Waals surface area contributed by atoms with Gasteiger partial charge < -0.3 is 4.90 Å². The van der Waals surface area contributed by atoms with Gasteiger partial charge >= 0.3 is 6.18 Å². The molecule has 2 amide bonds. The number of benzene rings is 2. The molecule has 0 N–H and O–H groups in total. The van der Waals surface area contributed by atoms with Gasteiger partial charge in [0.05, 0.1) is 21.7 Å². The zero-order valence-corrected chi connectivity index (χ0v) is 16.8. The Kier molecular flexibility index (Phi) is 5.23. The number of thiazole rings is 1. The van der Waals surface area contributed by atoms with Gasteiger partial charge in [0.25, 0.3) is 0 Å². The van der Waals surface area contributed by atoms with Crippen LogP contribution in [0.15, 0.2) is 48.5 Å². The summed E-state index contributed by atoms with van der Waals surface area (Å²) in [6, 6.07) is 12.7. The summed E-state index contributed by atoms with van der Waals surface area (Å²) in [6.45, 7) is -0.0108. The zero-order chi connectivity index (χ0) is 21.5. The van der Waals surface area contributed by atoms with Crippen LogP contribution in [0.25, 0.3) is 10.2 Å². The number of fused-ring (bicyclic) bond motifs is 1. The van der Waals surface area contributed by atoms with E-state index in [-0.39, 0.29) is 36.9 Å². The molecule has 9 heteroatoms. The third-order valence-electron chi connectivity index (χ3n) is 5.09. The number of hydrogen-bond acceptors (Lipinski definition) is 4. The van der Waals surface area contributed by atoms with Crippen LogP contribution in [0.1, 0.15) is 17.5 Å². The third kappa shape index (κ3) is 3.89. The highest BCUT2D eigenvalue weighted by atomic mass is 32.1. The lowest BCUT2D eigenvalue weighted by atomic mass is 10.0. The van der Waals surface area contributed by atoms with Gasteiger partial charge in [0, 0.05) is 26.6 Å². The Morgan fingerprint density at radius 2 is 1.90 bits per heavy atom. The van der Waals surface area contributed by atoms with Gasteiger partial charge in [-0.2, -0.15) is 13.2 Å². The van der Waals surface area contributed by atoms with Crippen LogP contribution in [-0.2, 0) is 22.3 Å². The third-order valence-corrected chi connectivity index (χ3v) is 6.15. The molecule has 1 aromatic heterocycles. The normalized spacial score (nSPS) is 17.0. The van der Waals surface area contributed by atoms with Crippen LogP contribution in [0.2, 0.25) is 0 Å². The van der Waals surface area contributed by atoms with Crippen molar-refractivity contribution in [3.8, 4) is 0 Å². The van der Waals surface area contributed by atoms with E-state index >= 15 is 0 Å². The van der Waals surface area contributed by atoms with E-state index in [2.05, 4.69) is 4.98 Å². The average Bonchev–Trinajstić information content (AvgIpc) is 3.30. The molecular weight excluding hydrogens is 415 g/mol. The smallest absolute Gasteiger partial charge is 0.341 e. The maximum atomic E-state index is 13.2. The van der Waals surface area contributed by atoms with Gasteiger partial charge in [-0.3, -0.25) is 14.5 Å². The molecule has 5 nitrogen and oxygen atoms in total. The van der Waals surface area contributed by atoms with Crippen LogP contribution in [0.3, 0.4) is 0 Å². The highest BCUT2D eigenvalue weighted by Gasteiger charge is 2.38. The lowest BCUT2D eigenvalue weighted by Gasteiger charge is -2.23. The molecule has 1 atom stereocenters. The van der Waals surface area contributed by atoms with E-state index in [9.17, 15) is 22.8 Å². The SMILES string of the molecule is CN(Cc1ccccc1C(F)(F)F)C(=O)C1CC(=O)N(c2nc3ccccc3s2)C1. The molecule has 0 saturated carbocycles. The second-order valence-corrected chi connectivity index (χ2v) is 8.23. The number of aromatic nitrogens is 1. The first kappa shape index (κ1) is 20.3. The minimum Gasteiger partial charge on any atom is -0.341 e. The Bertz CT molecular complexity index is 1080. The summed E-state index contributed by atoms with van der Waals surface area (Å²) in [4.78, 5) is 32.6. The first-order valence-corrected chi connectivity index (χ1v) is 10.1. The molecule has 4 rings (SSSR count). The molecule has 1 aliphatic heterocycles. The highest BCUT2D eigenvalue weighted by Crippen LogP contribution is 2.34. The number of anilines is 1. The maximum absolute atomic E-state index is 13.2. The van der Waals surface area contributed by atoms with Gasteiger partial charge in [0.1, 0.15) is 0 Å². The molecule has 1 unspecified atom stereocenters. The number of alkyl halides is 3. The number of halogens is 3. The number of carbonyl (C=O) groups excluding carboxylic acids is 2. The molecule has 0 bridgehead atoms. The lowest BCUT2D eigenvalue weighted by molar-refractivity contribution is -0.140. The van der Waals surface area contributed by atoms with Gasteiger partial charge in [-0.25, -0.2) is 4.98 Å². The minimum absolute atomic E-state index is 0.0139. The Balaban J connectivity index is 1.48. The van der Waals surface area contributed by atoms with Gasteiger partial charge in [-0.15, -0.1) is 0 Å². The van der Waals surface area contributed by atoms with Crippen molar-refractivity contribution >= 4 is 38.5 Å². The Labute approximate surface area is 174 Å². The standard InChI is InChI=1S/C21H18F3N3O2S/c1-26(11-13-6-2-3-7-15(13)21(22,23)24)19(29)14-10-18(28)27(12-14)20-25-16-8-4-5-9-17(16)30-20/h2-9,14H,10-12H2,1H3. The lowest BCUT2D eigenvalue weighted by Crippen LogP contribution is -2.34. The molecule has 30 heavy (non-hydrogen) atoms. The van der Waals surface area contributed by atoms with E-state index in [0.29, 0.717) is 5.13 Å². The second kappa shape index (κ2) is 7.71. The maximum Gasteiger partial charge on any atom is 0.416 e. The molecule has 0 aliphatic carbocycles. The first-order chi connectivity index (χ1) is 14.2. The molecule has 1 saturated heterocycles. The summed E-state index contributed by atoms with van der Waals surface area (Å²) in [5, 5.41) is 0.529. The van der Waals surface area contributed by atoms with E-state index in [1.165, 1.54) is 46.4 Å². The number of nitrogens with zero attached hydrogens (tertiary/aromatic N) is 3. The highest BCUT2D eigenvalue weighted by molar-refractivity contribution is 7.22. The molecule has 3 aromatic rings. The monoisotopic (exact) mass is 433 g/mol. The molecule has 0 spiro atoms. The summed E-state index contributed by atoms with van der Waals surface area (Å²) >= 11 is 1.37. The number of amides is 2. The van der Waals surface area contributed by atoms with Crippen molar-refractivity contribution in [3.63, 3.8) is 0 Å². The van der Waals surface area contributed by atoms with Crippen molar-refractivity contribution in [2.24, 2.45) is 5.92 Å². The molecule has 2 heterocycles. The van der Waals surface area contributed by atoms with Gasteiger partial charge in [0.2, 0.25) is 11.8 Å². The first-order valence-electron chi connectivity index (χ1n) is 9.30. The van der Waals surface area contributed by atoms with E-state index in [4.69, 9.17) is 0 Å². The molecule has 2 aromatic carbocycles. The van der Waals surface area contributed by atoms with Gasteiger partial charge in [0.15, 0.2) is 5.13 Å². The van der Waals surface area contributed by atoms with E-state index in [1.807, 2.05) is 24.3 Å². The zero-order valence-electron chi connectivity index (χ0n) is 16.0. The molecule has 1 aliphatic rings. The van der Waals surface area contributed by atoms with Crippen LogP contribution in [0, 0.1) is 5.92 Å². The number of hydrogen-bond donors (Lipinski definition) is 0. The Hall–Kier alpha value is -2.94. The van der Waals surface area contributed by atoms with Gasteiger partial charge in [-0.05, 0) is 23.8 Å². The number of para-hydroxylation sites is 1. The Morgan fingerprint density at radius 1 is 1.20 bits per heavy atom. The summed E-state index contributed by atoms with van der Waals surface area (Å²) < 4.78 is 40.6. The average molecular weight is 433 g/mol. The number of carbonyl (C=O) groups is 2. The van der Waals surface area contributed by atoms with Crippen molar-refractivity contribution in [3.05, 3.63) is 59.7 Å². The largest absolute Gasteiger partial charge is 0.416 e. The van der Waals surface area contributed by atoms with Crippen molar-refractivity contribution < 1.29 is 22.8 Å². The summed E-state index contributed by atoms with van der Waals surface area (Å²) in [5.41, 5.74) is 0.0393. The minimum atomic E-state index is -4.49. The van der Waals surface area contributed by atoms with E-state index in [1.54, 1.807) is 0 Å². The van der Waals surface area contributed by atoms with Crippen molar-refractivity contribution in [1.82, 2.24) is 9.88 Å². The fraction of sp³-hybridized carbons (Fsp3) is 0.286. The second-order valence-electron chi connectivity index (χ2n) is 7.22. The van der Waals surface area contributed by atoms with E-state index < -0.39 is 17.7 Å². The van der Waals surface area contributed by atoms with Crippen LogP contribution < -0.4 is 4.90 Å². The van der Waals surface area contributed by atoms with Crippen molar-refractivity contribution in [2.75, 3.05) is 18.5 Å². The number of rotatable bonds is 4. The van der Waals surface area contributed by atoms with Crippen LogP contribution in [-0.4, -0.2) is 35.3 Å². The van der Waals surface area contributed by atoms with Crippen molar-refractivity contribution in [1.29, 1.82) is 0 Å². The summed E-state index contributed by atoms with van der Waals surface area (Å²) in [6.07, 6.45) is -4.48. The molecule has 156 valence electrons. The van der Waals surface area contributed by atoms with Crippen LogP contribution in [0.5, 0.6) is 0 Å². The Morgan fingerprint density at radius 3 is 2.63 bits per heavy atom. The van der Waals surface area contributed by atoms with Crippen LogP contribution >= 0.6 is 11.3 Å². The predicted octanol–water partition coefficient (Wildman–Crippen LogP) is 4.33. The predicted molar refractivity (Wildman–Crippen MR) is 108 cm³/mol. The topological polar surface area (TPSA) is 53.5 Å². The fourth-order valence-electron chi connectivity index (χ4n) is 3.61. The van der Waals surface area contributed by atoms with Crippen LogP contribution in [0.4, 0.5) is 18.3 Å². The fourth-order valence-corrected chi connectivity index (χ4v) is 4.61. The summed E-state index contributed by atoms with van der Waals surface area (Å²) in [5.74, 6) is -1.19. The van der Waals surface area contributed by atoms with E-state index in [0.717, 1.165) is 16.3 Å². The van der Waals surface area contributed by atoms with Gasteiger partial charge in [-0.1, -0.05) is 41.7 Å². The molecular formula is C21H18F3N3O2S.